The predicted molar refractivity (Wildman–Crippen MR) is 72.2 cm³/mol. The Balaban J connectivity index is 1.70. The van der Waals surface area contributed by atoms with Crippen molar-refractivity contribution in [2.75, 3.05) is 6.54 Å². The molecule has 4 nitrogen and oxygen atoms in total. The van der Waals surface area contributed by atoms with Crippen molar-refractivity contribution in [1.29, 1.82) is 0 Å². The van der Waals surface area contributed by atoms with Gasteiger partial charge in [-0.1, -0.05) is 30.3 Å². The van der Waals surface area contributed by atoms with Crippen molar-refractivity contribution in [3.8, 4) is 0 Å². The van der Waals surface area contributed by atoms with E-state index in [-0.39, 0.29) is 18.3 Å². The fourth-order valence-electron chi connectivity index (χ4n) is 2.48. The Morgan fingerprint density at radius 1 is 1.42 bits per heavy atom. The van der Waals surface area contributed by atoms with Crippen LogP contribution in [0.2, 0.25) is 0 Å². The summed E-state index contributed by atoms with van der Waals surface area (Å²) in [5.74, 6) is -0.130. The lowest BCUT2D eigenvalue weighted by Crippen LogP contribution is -2.50. The zero-order chi connectivity index (χ0) is 13.7. The maximum Gasteiger partial charge on any atom is 0.306 e. The Morgan fingerprint density at radius 3 is 2.74 bits per heavy atom. The second kappa shape index (κ2) is 6.17. The molecular weight excluding hydrogens is 242 g/mol. The lowest BCUT2D eigenvalue weighted by atomic mass is 9.67. The Hall–Kier alpha value is -1.39. The van der Waals surface area contributed by atoms with E-state index in [1.807, 2.05) is 30.3 Å². The van der Waals surface area contributed by atoms with Crippen LogP contribution in [0, 0.1) is 5.92 Å². The van der Waals surface area contributed by atoms with Crippen molar-refractivity contribution in [3.05, 3.63) is 35.9 Å². The molecule has 1 fully saturated rings. The molecule has 0 heterocycles. The Labute approximate surface area is 113 Å². The Morgan fingerprint density at radius 2 is 2.16 bits per heavy atom. The minimum atomic E-state index is -0.749. The van der Waals surface area contributed by atoms with Gasteiger partial charge in [-0.3, -0.25) is 4.79 Å². The highest BCUT2D eigenvalue weighted by Crippen LogP contribution is 2.41. The van der Waals surface area contributed by atoms with Crippen LogP contribution >= 0.6 is 0 Å². The van der Waals surface area contributed by atoms with E-state index >= 15 is 0 Å². The quantitative estimate of drug-likeness (QED) is 0.765. The molecule has 0 spiro atoms. The largest absolute Gasteiger partial charge is 0.461 e. The monoisotopic (exact) mass is 263 g/mol. The molecule has 2 rings (SSSR count). The number of esters is 1. The smallest absolute Gasteiger partial charge is 0.306 e. The first-order chi connectivity index (χ1) is 9.14. The highest BCUT2D eigenvalue weighted by molar-refractivity contribution is 5.69. The summed E-state index contributed by atoms with van der Waals surface area (Å²) >= 11 is 0. The third kappa shape index (κ3) is 3.55. The van der Waals surface area contributed by atoms with Gasteiger partial charge in [0, 0.05) is 12.3 Å². The van der Waals surface area contributed by atoms with Gasteiger partial charge in [-0.15, -0.1) is 0 Å². The lowest BCUT2D eigenvalue weighted by Gasteiger charge is -2.45. The van der Waals surface area contributed by atoms with Crippen LogP contribution in [0.3, 0.4) is 0 Å². The van der Waals surface area contributed by atoms with Gasteiger partial charge < -0.3 is 15.6 Å². The normalized spacial score (nSPS) is 25.7. The molecule has 1 aliphatic carbocycles. The van der Waals surface area contributed by atoms with E-state index in [9.17, 15) is 9.90 Å². The van der Waals surface area contributed by atoms with Crippen LogP contribution in [0.1, 0.15) is 31.2 Å². The van der Waals surface area contributed by atoms with Gasteiger partial charge in [-0.2, -0.15) is 0 Å². The van der Waals surface area contributed by atoms with Crippen molar-refractivity contribution in [1.82, 2.24) is 0 Å². The molecule has 0 aromatic heterocycles. The third-order valence-electron chi connectivity index (χ3n) is 3.97. The average Bonchev–Trinajstić information content (AvgIpc) is 2.43. The summed E-state index contributed by atoms with van der Waals surface area (Å²) in [5, 5.41) is 10.2. The molecule has 1 aromatic rings. The van der Waals surface area contributed by atoms with Crippen LogP contribution in [0.25, 0.3) is 0 Å². The molecule has 0 aliphatic heterocycles. The summed E-state index contributed by atoms with van der Waals surface area (Å²) in [6.07, 6.45) is 2.38. The zero-order valence-electron chi connectivity index (χ0n) is 11.0. The molecule has 1 aromatic carbocycles. The maximum atomic E-state index is 11.6. The van der Waals surface area contributed by atoms with Gasteiger partial charge in [0.05, 0.1) is 5.60 Å². The number of carbonyl (C=O) groups is 1. The number of hydrogen-bond donors (Lipinski definition) is 2. The summed E-state index contributed by atoms with van der Waals surface area (Å²) in [6, 6.07) is 9.57. The topological polar surface area (TPSA) is 72.5 Å². The number of rotatable bonds is 6. The Bertz CT molecular complexity index is 419. The van der Waals surface area contributed by atoms with Crippen LogP contribution in [0.5, 0.6) is 0 Å². The number of carbonyl (C=O) groups excluding carboxylic acids is 1. The minimum Gasteiger partial charge on any atom is -0.461 e. The molecule has 0 saturated heterocycles. The Kier molecular flexibility index (Phi) is 4.56. The number of aliphatic hydroxyl groups is 1. The number of benzene rings is 1. The fraction of sp³-hybridized carbons (Fsp3) is 0.533. The number of hydrogen-bond acceptors (Lipinski definition) is 4. The van der Waals surface area contributed by atoms with E-state index in [2.05, 4.69) is 0 Å². The van der Waals surface area contributed by atoms with Crippen molar-refractivity contribution in [2.45, 2.75) is 37.9 Å². The second-order valence-corrected chi connectivity index (χ2v) is 5.22. The van der Waals surface area contributed by atoms with Crippen LogP contribution in [-0.2, 0) is 16.1 Å². The molecule has 0 radical (unpaired) electrons. The summed E-state index contributed by atoms with van der Waals surface area (Å²) in [4.78, 5) is 11.6. The van der Waals surface area contributed by atoms with Gasteiger partial charge in [0.1, 0.15) is 6.61 Å². The fourth-order valence-corrected chi connectivity index (χ4v) is 2.48. The van der Waals surface area contributed by atoms with E-state index in [0.29, 0.717) is 19.6 Å². The first-order valence-corrected chi connectivity index (χ1v) is 6.76. The molecule has 0 bridgehead atoms. The van der Waals surface area contributed by atoms with Gasteiger partial charge in [-0.05, 0) is 31.4 Å². The molecule has 4 heteroatoms. The van der Waals surface area contributed by atoms with E-state index in [0.717, 1.165) is 18.4 Å². The standard InChI is InChI=1S/C15H21NO3/c16-10-13-6-8-15(13,18)9-7-14(17)19-11-12-4-2-1-3-5-12/h1-5,13,18H,6-11,16H2. The van der Waals surface area contributed by atoms with Gasteiger partial charge in [0.25, 0.3) is 0 Å². The molecule has 2 unspecified atom stereocenters. The second-order valence-electron chi connectivity index (χ2n) is 5.22. The third-order valence-corrected chi connectivity index (χ3v) is 3.97. The molecule has 1 aliphatic rings. The molecule has 104 valence electrons. The molecule has 2 atom stereocenters. The summed E-state index contributed by atoms with van der Waals surface area (Å²) in [7, 11) is 0. The van der Waals surface area contributed by atoms with Crippen molar-refractivity contribution >= 4 is 5.97 Å². The first kappa shape index (κ1) is 14.0. The first-order valence-electron chi connectivity index (χ1n) is 6.76. The molecular formula is C15H21NO3. The van der Waals surface area contributed by atoms with Crippen LogP contribution in [0.4, 0.5) is 0 Å². The highest BCUT2D eigenvalue weighted by Gasteiger charge is 2.44. The van der Waals surface area contributed by atoms with Crippen molar-refractivity contribution in [3.63, 3.8) is 0 Å². The SMILES string of the molecule is NCC1CCC1(O)CCC(=O)OCc1ccccc1. The zero-order valence-corrected chi connectivity index (χ0v) is 11.0. The summed E-state index contributed by atoms with van der Waals surface area (Å²) in [6.45, 7) is 0.772. The van der Waals surface area contributed by atoms with E-state index in [1.54, 1.807) is 0 Å². The molecule has 19 heavy (non-hydrogen) atoms. The van der Waals surface area contributed by atoms with E-state index in [4.69, 9.17) is 10.5 Å². The molecule has 1 saturated carbocycles. The van der Waals surface area contributed by atoms with Gasteiger partial charge >= 0.3 is 5.97 Å². The van der Waals surface area contributed by atoms with Crippen molar-refractivity contribution in [2.24, 2.45) is 11.7 Å². The van der Waals surface area contributed by atoms with Crippen LogP contribution in [0.15, 0.2) is 30.3 Å². The predicted octanol–water partition coefficient (Wildman–Crippen LogP) is 1.61. The van der Waals surface area contributed by atoms with Gasteiger partial charge in [-0.25, -0.2) is 0 Å². The van der Waals surface area contributed by atoms with E-state index in [1.165, 1.54) is 0 Å². The van der Waals surface area contributed by atoms with Crippen molar-refractivity contribution < 1.29 is 14.6 Å². The summed E-state index contributed by atoms with van der Waals surface area (Å²) in [5.41, 5.74) is 5.80. The van der Waals surface area contributed by atoms with E-state index < -0.39 is 5.60 Å². The number of ether oxygens (including phenoxy) is 1. The molecule has 0 amide bonds. The molecule has 3 N–H and O–H groups in total. The minimum absolute atomic E-state index is 0.134. The van der Waals surface area contributed by atoms with Crippen LogP contribution < -0.4 is 5.73 Å². The van der Waals surface area contributed by atoms with Gasteiger partial charge in [0.15, 0.2) is 0 Å². The highest BCUT2D eigenvalue weighted by atomic mass is 16.5. The lowest BCUT2D eigenvalue weighted by molar-refractivity contribution is -0.150. The average molecular weight is 263 g/mol. The van der Waals surface area contributed by atoms with Crippen LogP contribution in [-0.4, -0.2) is 23.2 Å². The summed E-state index contributed by atoms with van der Waals surface area (Å²) < 4.78 is 5.18. The van der Waals surface area contributed by atoms with Gasteiger partial charge in [0.2, 0.25) is 0 Å². The number of nitrogens with two attached hydrogens (primary N) is 1. The maximum absolute atomic E-state index is 11.6.